The third-order valence-corrected chi connectivity index (χ3v) is 4.50. The van der Waals surface area contributed by atoms with Crippen LogP contribution < -0.4 is 25.8 Å². The third kappa shape index (κ3) is 4.36. The Morgan fingerprint density at radius 1 is 1.29 bits per heavy atom. The minimum atomic E-state index is -0.521. The summed E-state index contributed by atoms with van der Waals surface area (Å²) in [6.45, 7) is 6.23. The number of primary amides is 1. The average molecular weight is 383 g/mol. The van der Waals surface area contributed by atoms with E-state index in [1.807, 2.05) is 26.0 Å². The van der Waals surface area contributed by atoms with Gasteiger partial charge in [0.05, 0.1) is 12.3 Å². The molecule has 1 aliphatic heterocycles. The number of nitrogens with one attached hydrogen (secondary N) is 2. The van der Waals surface area contributed by atoms with Crippen molar-refractivity contribution in [2.75, 3.05) is 17.2 Å². The zero-order valence-electron chi connectivity index (χ0n) is 16.2. The van der Waals surface area contributed by atoms with E-state index in [9.17, 15) is 9.59 Å². The molecule has 0 aliphatic carbocycles. The van der Waals surface area contributed by atoms with Crippen molar-refractivity contribution in [3.63, 3.8) is 0 Å². The summed E-state index contributed by atoms with van der Waals surface area (Å²) in [5, 5.41) is 6.01. The Balaban J connectivity index is 1.71. The maximum Gasteiger partial charge on any atom is 0.248 e. The predicted octanol–water partition coefficient (Wildman–Crippen LogP) is 2.95. The molecule has 0 bridgehead atoms. The molecule has 1 heterocycles. The summed E-state index contributed by atoms with van der Waals surface area (Å²) in [4.78, 5) is 23.7. The molecule has 0 radical (unpaired) electrons. The second kappa shape index (κ2) is 8.21. The molecule has 2 aromatic rings. The van der Waals surface area contributed by atoms with Gasteiger partial charge in [-0.2, -0.15) is 0 Å². The summed E-state index contributed by atoms with van der Waals surface area (Å²) < 4.78 is 11.6. The van der Waals surface area contributed by atoms with Gasteiger partial charge in [0.25, 0.3) is 0 Å². The van der Waals surface area contributed by atoms with Crippen molar-refractivity contribution in [3.8, 4) is 11.5 Å². The molecule has 0 saturated heterocycles. The minimum absolute atomic E-state index is 0.129. The standard InChI is InChI=1S/C21H25N3O4/c1-4-27-19-10-15-9-12(2)28-18(15)11-17(19)23-13(3)21(26)24-16-7-5-14(6-8-16)20(22)25/h5-8,10-13,23H,4,9H2,1-3H3,(H2,22,25)(H,24,26). The van der Waals surface area contributed by atoms with Crippen LogP contribution in [0.5, 0.6) is 11.5 Å². The van der Waals surface area contributed by atoms with Gasteiger partial charge >= 0.3 is 0 Å². The van der Waals surface area contributed by atoms with Gasteiger partial charge in [-0.15, -0.1) is 0 Å². The molecule has 0 fully saturated rings. The third-order valence-electron chi connectivity index (χ3n) is 4.50. The normalized spacial score (nSPS) is 15.9. The number of ether oxygens (including phenoxy) is 2. The maximum atomic E-state index is 12.6. The van der Waals surface area contributed by atoms with Crippen LogP contribution in [0.15, 0.2) is 36.4 Å². The molecule has 2 atom stereocenters. The molecule has 2 aromatic carbocycles. The second-order valence-electron chi connectivity index (χ2n) is 6.82. The van der Waals surface area contributed by atoms with Crippen molar-refractivity contribution in [1.29, 1.82) is 0 Å². The summed E-state index contributed by atoms with van der Waals surface area (Å²) in [5.74, 6) is 0.783. The Labute approximate surface area is 164 Å². The molecule has 0 spiro atoms. The van der Waals surface area contributed by atoms with Gasteiger partial charge < -0.3 is 25.8 Å². The summed E-state index contributed by atoms with van der Waals surface area (Å²) in [6, 6.07) is 9.76. The fourth-order valence-electron chi connectivity index (χ4n) is 3.09. The molecule has 1 aliphatic rings. The van der Waals surface area contributed by atoms with Gasteiger partial charge in [0.2, 0.25) is 11.8 Å². The fraction of sp³-hybridized carbons (Fsp3) is 0.333. The lowest BCUT2D eigenvalue weighted by molar-refractivity contribution is -0.116. The summed E-state index contributed by atoms with van der Waals surface area (Å²) >= 11 is 0. The number of hydrogen-bond donors (Lipinski definition) is 3. The largest absolute Gasteiger partial charge is 0.492 e. The molecule has 7 nitrogen and oxygen atoms in total. The van der Waals surface area contributed by atoms with Crippen molar-refractivity contribution < 1.29 is 19.1 Å². The number of fused-ring (bicyclic) bond motifs is 1. The lowest BCUT2D eigenvalue weighted by atomic mass is 10.1. The van der Waals surface area contributed by atoms with Crippen LogP contribution in [-0.4, -0.2) is 30.6 Å². The van der Waals surface area contributed by atoms with Gasteiger partial charge in [0.15, 0.2) is 0 Å². The van der Waals surface area contributed by atoms with Crippen LogP contribution in [0.25, 0.3) is 0 Å². The summed E-state index contributed by atoms with van der Waals surface area (Å²) in [6.07, 6.45) is 0.969. The lowest BCUT2D eigenvalue weighted by Crippen LogP contribution is -2.32. The highest BCUT2D eigenvalue weighted by molar-refractivity contribution is 5.97. The first-order chi connectivity index (χ1) is 13.4. The van der Waals surface area contributed by atoms with E-state index >= 15 is 0 Å². The number of carbonyl (C=O) groups is 2. The highest BCUT2D eigenvalue weighted by Crippen LogP contribution is 2.38. The van der Waals surface area contributed by atoms with Gasteiger partial charge in [0, 0.05) is 29.3 Å². The van der Waals surface area contributed by atoms with Gasteiger partial charge in [-0.05, 0) is 51.1 Å². The van der Waals surface area contributed by atoms with Crippen molar-refractivity contribution in [1.82, 2.24) is 0 Å². The first-order valence-corrected chi connectivity index (χ1v) is 9.31. The zero-order valence-corrected chi connectivity index (χ0v) is 16.2. The number of anilines is 2. The number of carbonyl (C=O) groups excluding carboxylic acids is 2. The van der Waals surface area contributed by atoms with Crippen LogP contribution in [0.4, 0.5) is 11.4 Å². The molecule has 0 saturated carbocycles. The van der Waals surface area contributed by atoms with Gasteiger partial charge in [-0.3, -0.25) is 9.59 Å². The fourth-order valence-corrected chi connectivity index (χ4v) is 3.09. The SMILES string of the molecule is CCOc1cc2c(cc1NC(C)C(=O)Nc1ccc(C(N)=O)cc1)OC(C)C2. The van der Waals surface area contributed by atoms with Crippen molar-refractivity contribution in [3.05, 3.63) is 47.5 Å². The number of nitrogens with two attached hydrogens (primary N) is 1. The molecule has 28 heavy (non-hydrogen) atoms. The van der Waals surface area contributed by atoms with Crippen molar-refractivity contribution in [2.24, 2.45) is 5.73 Å². The maximum absolute atomic E-state index is 12.6. The first kappa shape index (κ1) is 19.5. The van der Waals surface area contributed by atoms with Crippen LogP contribution >= 0.6 is 0 Å². The van der Waals surface area contributed by atoms with Crippen LogP contribution in [0.2, 0.25) is 0 Å². The van der Waals surface area contributed by atoms with Gasteiger partial charge in [-0.1, -0.05) is 0 Å². The molecular weight excluding hydrogens is 358 g/mol. The molecule has 0 aromatic heterocycles. The Morgan fingerprint density at radius 2 is 2.00 bits per heavy atom. The van der Waals surface area contributed by atoms with Crippen LogP contribution in [0.1, 0.15) is 36.7 Å². The molecule has 148 valence electrons. The van der Waals surface area contributed by atoms with Crippen molar-refractivity contribution >= 4 is 23.2 Å². The van der Waals surface area contributed by atoms with E-state index in [0.29, 0.717) is 29.3 Å². The second-order valence-corrected chi connectivity index (χ2v) is 6.82. The van der Waals surface area contributed by atoms with Gasteiger partial charge in [-0.25, -0.2) is 0 Å². The molecular formula is C21H25N3O4. The van der Waals surface area contributed by atoms with E-state index < -0.39 is 11.9 Å². The number of hydrogen-bond acceptors (Lipinski definition) is 5. The number of benzene rings is 2. The Kier molecular flexibility index (Phi) is 5.73. The Morgan fingerprint density at radius 3 is 2.64 bits per heavy atom. The van der Waals surface area contributed by atoms with Crippen LogP contribution in [-0.2, 0) is 11.2 Å². The smallest absolute Gasteiger partial charge is 0.248 e. The molecule has 3 rings (SSSR count). The first-order valence-electron chi connectivity index (χ1n) is 9.31. The summed E-state index contributed by atoms with van der Waals surface area (Å²) in [7, 11) is 0. The van der Waals surface area contributed by atoms with E-state index in [-0.39, 0.29) is 12.0 Å². The van der Waals surface area contributed by atoms with E-state index in [1.165, 1.54) is 0 Å². The summed E-state index contributed by atoms with van der Waals surface area (Å²) in [5.41, 5.74) is 8.01. The van der Waals surface area contributed by atoms with E-state index in [2.05, 4.69) is 10.6 Å². The zero-order chi connectivity index (χ0) is 20.3. The predicted molar refractivity (Wildman–Crippen MR) is 108 cm³/mol. The molecule has 2 amide bonds. The van der Waals surface area contributed by atoms with Crippen LogP contribution in [0.3, 0.4) is 0 Å². The van der Waals surface area contributed by atoms with E-state index in [0.717, 1.165) is 17.7 Å². The van der Waals surface area contributed by atoms with Gasteiger partial charge in [0.1, 0.15) is 23.6 Å². The highest BCUT2D eigenvalue weighted by atomic mass is 16.5. The average Bonchev–Trinajstić information content (AvgIpc) is 3.01. The van der Waals surface area contributed by atoms with Crippen LogP contribution in [0, 0.1) is 0 Å². The lowest BCUT2D eigenvalue weighted by Gasteiger charge is -2.19. The number of rotatable bonds is 7. The molecule has 2 unspecified atom stereocenters. The van der Waals surface area contributed by atoms with Crippen molar-refractivity contribution in [2.45, 2.75) is 39.3 Å². The van der Waals surface area contributed by atoms with E-state index in [4.69, 9.17) is 15.2 Å². The minimum Gasteiger partial charge on any atom is -0.492 e. The molecule has 4 N–H and O–H groups in total. The topological polar surface area (TPSA) is 103 Å². The quantitative estimate of drug-likeness (QED) is 0.682. The monoisotopic (exact) mass is 383 g/mol. The Hall–Kier alpha value is -3.22. The number of amides is 2. The highest BCUT2D eigenvalue weighted by Gasteiger charge is 2.23. The molecule has 7 heteroatoms. The van der Waals surface area contributed by atoms with E-state index in [1.54, 1.807) is 31.2 Å². The Bertz CT molecular complexity index is 880.